The van der Waals surface area contributed by atoms with Crippen molar-refractivity contribution in [1.82, 2.24) is 4.90 Å². The summed E-state index contributed by atoms with van der Waals surface area (Å²) in [7, 11) is 0. The average molecular weight is 612 g/mol. The van der Waals surface area contributed by atoms with Crippen molar-refractivity contribution in [3.8, 4) is 11.5 Å². The molecule has 0 atom stereocenters. The second-order valence-corrected chi connectivity index (χ2v) is 11.2. The van der Waals surface area contributed by atoms with E-state index >= 15 is 0 Å². The van der Waals surface area contributed by atoms with Gasteiger partial charge in [-0.25, -0.2) is 0 Å². The SMILES string of the molecule is CCOc1cc(/C=C2\SC(=S)N(Cc3ccccc3)C2=O)ccc1OCC(=O)Nc1c(C)cc(Br)cc1C. The third-order valence-electron chi connectivity index (χ3n) is 5.74. The Morgan fingerprint density at radius 1 is 1.05 bits per heavy atom. The quantitative estimate of drug-likeness (QED) is 0.210. The second kappa shape index (κ2) is 12.6. The number of nitrogens with one attached hydrogen (secondary N) is 1. The number of amides is 2. The molecule has 1 heterocycles. The highest BCUT2D eigenvalue weighted by Gasteiger charge is 2.32. The molecule has 0 unspecified atom stereocenters. The van der Waals surface area contributed by atoms with E-state index in [-0.39, 0.29) is 18.4 Å². The van der Waals surface area contributed by atoms with Crippen molar-refractivity contribution in [1.29, 1.82) is 0 Å². The van der Waals surface area contributed by atoms with Crippen molar-refractivity contribution in [3.63, 3.8) is 0 Å². The summed E-state index contributed by atoms with van der Waals surface area (Å²) >= 11 is 10.2. The predicted molar refractivity (Wildman–Crippen MR) is 161 cm³/mol. The van der Waals surface area contributed by atoms with Crippen LogP contribution in [0.15, 0.2) is 70.0 Å². The molecular formula is C29H27BrN2O4S2. The predicted octanol–water partition coefficient (Wildman–Crippen LogP) is 6.88. The largest absolute Gasteiger partial charge is 0.490 e. The number of thiocarbonyl (C=S) groups is 1. The van der Waals surface area contributed by atoms with Crippen LogP contribution in [0, 0.1) is 13.8 Å². The fourth-order valence-electron chi connectivity index (χ4n) is 3.98. The molecule has 6 nitrogen and oxygen atoms in total. The highest BCUT2D eigenvalue weighted by atomic mass is 79.9. The van der Waals surface area contributed by atoms with Crippen molar-refractivity contribution in [3.05, 3.63) is 92.3 Å². The van der Waals surface area contributed by atoms with Gasteiger partial charge >= 0.3 is 0 Å². The minimum atomic E-state index is -0.271. The lowest BCUT2D eigenvalue weighted by molar-refractivity contribution is -0.122. The van der Waals surface area contributed by atoms with Gasteiger partial charge < -0.3 is 14.8 Å². The number of anilines is 1. The summed E-state index contributed by atoms with van der Waals surface area (Å²) in [5, 5.41) is 2.93. The lowest BCUT2D eigenvalue weighted by Gasteiger charge is -2.15. The zero-order chi connectivity index (χ0) is 27.2. The van der Waals surface area contributed by atoms with E-state index in [0.29, 0.717) is 33.9 Å². The van der Waals surface area contributed by atoms with E-state index in [1.54, 1.807) is 23.1 Å². The number of aryl methyl sites for hydroxylation is 2. The van der Waals surface area contributed by atoms with Crippen LogP contribution in [0.4, 0.5) is 5.69 Å². The van der Waals surface area contributed by atoms with Crippen LogP contribution in [0.25, 0.3) is 6.08 Å². The smallest absolute Gasteiger partial charge is 0.266 e. The molecule has 1 aliphatic rings. The maximum atomic E-state index is 13.0. The van der Waals surface area contributed by atoms with Gasteiger partial charge in [-0.05, 0) is 73.4 Å². The zero-order valence-electron chi connectivity index (χ0n) is 21.2. The molecule has 196 valence electrons. The molecule has 0 aliphatic carbocycles. The number of carbonyl (C=O) groups excluding carboxylic acids is 2. The Morgan fingerprint density at radius 2 is 1.76 bits per heavy atom. The zero-order valence-corrected chi connectivity index (χ0v) is 24.5. The van der Waals surface area contributed by atoms with Crippen molar-refractivity contribution < 1.29 is 19.1 Å². The summed E-state index contributed by atoms with van der Waals surface area (Å²) < 4.78 is 13.1. The van der Waals surface area contributed by atoms with E-state index < -0.39 is 0 Å². The van der Waals surface area contributed by atoms with Crippen LogP contribution < -0.4 is 14.8 Å². The first-order valence-electron chi connectivity index (χ1n) is 12.0. The lowest BCUT2D eigenvalue weighted by atomic mass is 10.1. The van der Waals surface area contributed by atoms with E-state index in [1.807, 2.05) is 69.3 Å². The maximum Gasteiger partial charge on any atom is 0.266 e. The molecule has 0 spiro atoms. The highest BCUT2D eigenvalue weighted by molar-refractivity contribution is 9.10. The molecule has 1 saturated heterocycles. The molecule has 1 N–H and O–H groups in total. The third kappa shape index (κ3) is 6.83. The van der Waals surface area contributed by atoms with Crippen LogP contribution >= 0.6 is 39.9 Å². The highest BCUT2D eigenvalue weighted by Crippen LogP contribution is 2.35. The van der Waals surface area contributed by atoms with Crippen molar-refractivity contribution in [2.75, 3.05) is 18.5 Å². The summed E-state index contributed by atoms with van der Waals surface area (Å²) in [5.74, 6) is 0.536. The van der Waals surface area contributed by atoms with Gasteiger partial charge in [-0.15, -0.1) is 0 Å². The average Bonchev–Trinajstić information content (AvgIpc) is 3.14. The number of hydrogen-bond acceptors (Lipinski definition) is 6. The third-order valence-corrected chi connectivity index (χ3v) is 7.58. The Balaban J connectivity index is 1.45. The van der Waals surface area contributed by atoms with Gasteiger partial charge in [-0.2, -0.15) is 0 Å². The van der Waals surface area contributed by atoms with Crippen LogP contribution in [0.3, 0.4) is 0 Å². The van der Waals surface area contributed by atoms with E-state index in [9.17, 15) is 9.59 Å². The number of halogens is 1. The summed E-state index contributed by atoms with van der Waals surface area (Å²) in [6.07, 6.45) is 1.79. The van der Waals surface area contributed by atoms with Crippen LogP contribution in [0.1, 0.15) is 29.2 Å². The Labute approximate surface area is 240 Å². The Bertz CT molecular complexity index is 1390. The van der Waals surface area contributed by atoms with Gasteiger partial charge in [0.05, 0.1) is 18.1 Å². The van der Waals surface area contributed by atoms with Gasteiger partial charge in [0.15, 0.2) is 18.1 Å². The first kappa shape index (κ1) is 27.9. The first-order valence-corrected chi connectivity index (χ1v) is 14.0. The summed E-state index contributed by atoms with van der Waals surface area (Å²) in [5.41, 5.74) is 4.47. The molecule has 0 aromatic heterocycles. The second-order valence-electron chi connectivity index (χ2n) is 8.64. The molecule has 2 amide bonds. The van der Waals surface area contributed by atoms with Crippen molar-refractivity contribution >= 4 is 67.8 Å². The molecule has 1 fully saturated rings. The number of carbonyl (C=O) groups is 2. The standard InChI is InChI=1S/C29H27BrN2O4S2/c1-4-35-24-14-21(15-25-28(34)32(29(37)38-25)16-20-8-6-5-7-9-20)10-11-23(24)36-17-26(33)31-27-18(2)12-22(30)13-19(27)3/h5-15H,4,16-17H2,1-3H3,(H,31,33)/b25-15-. The Morgan fingerprint density at radius 3 is 2.45 bits per heavy atom. The van der Waals surface area contributed by atoms with Gasteiger partial charge in [0.2, 0.25) is 0 Å². The summed E-state index contributed by atoms with van der Waals surface area (Å²) in [6.45, 7) is 6.43. The number of benzene rings is 3. The summed E-state index contributed by atoms with van der Waals surface area (Å²) in [4.78, 5) is 27.8. The van der Waals surface area contributed by atoms with Crippen molar-refractivity contribution in [2.24, 2.45) is 0 Å². The number of hydrogen-bond donors (Lipinski definition) is 1. The fourth-order valence-corrected chi connectivity index (χ4v) is 5.92. The van der Waals surface area contributed by atoms with Gasteiger partial charge in [0.25, 0.3) is 11.8 Å². The van der Waals surface area contributed by atoms with Gasteiger partial charge in [-0.3, -0.25) is 14.5 Å². The van der Waals surface area contributed by atoms with Gasteiger partial charge in [0.1, 0.15) is 4.32 Å². The Hall–Kier alpha value is -3.14. The minimum absolute atomic E-state index is 0.127. The summed E-state index contributed by atoms with van der Waals surface area (Å²) in [6, 6.07) is 19.0. The molecule has 38 heavy (non-hydrogen) atoms. The molecule has 4 rings (SSSR count). The van der Waals surface area contributed by atoms with E-state index in [0.717, 1.165) is 32.4 Å². The molecule has 3 aromatic carbocycles. The van der Waals surface area contributed by atoms with E-state index in [2.05, 4.69) is 21.2 Å². The molecule has 3 aromatic rings. The molecule has 0 radical (unpaired) electrons. The van der Waals surface area contributed by atoms with Crippen LogP contribution in [-0.2, 0) is 16.1 Å². The first-order chi connectivity index (χ1) is 18.2. The lowest BCUT2D eigenvalue weighted by Crippen LogP contribution is -2.27. The van der Waals surface area contributed by atoms with Gasteiger partial charge in [0, 0.05) is 10.2 Å². The minimum Gasteiger partial charge on any atom is -0.490 e. The fraction of sp³-hybridized carbons (Fsp3) is 0.207. The molecule has 0 saturated carbocycles. The maximum absolute atomic E-state index is 13.0. The number of nitrogens with zero attached hydrogens (tertiary/aromatic N) is 1. The molecule has 0 bridgehead atoms. The monoisotopic (exact) mass is 610 g/mol. The number of ether oxygens (including phenoxy) is 2. The molecular weight excluding hydrogens is 584 g/mol. The Kier molecular flexibility index (Phi) is 9.25. The van der Waals surface area contributed by atoms with Gasteiger partial charge in [-0.1, -0.05) is 76.3 Å². The number of thioether (sulfide) groups is 1. The van der Waals surface area contributed by atoms with Crippen LogP contribution in [-0.4, -0.2) is 34.2 Å². The molecule has 9 heteroatoms. The van der Waals surface area contributed by atoms with Crippen molar-refractivity contribution in [2.45, 2.75) is 27.3 Å². The van der Waals surface area contributed by atoms with E-state index in [4.69, 9.17) is 21.7 Å². The van der Waals surface area contributed by atoms with Crippen LogP contribution in [0.2, 0.25) is 0 Å². The number of rotatable bonds is 9. The van der Waals surface area contributed by atoms with Crippen LogP contribution in [0.5, 0.6) is 11.5 Å². The molecule has 1 aliphatic heterocycles. The normalized spacial score (nSPS) is 14.2. The topological polar surface area (TPSA) is 67.9 Å². The van der Waals surface area contributed by atoms with E-state index in [1.165, 1.54) is 11.8 Å².